The van der Waals surface area contributed by atoms with Crippen LogP contribution in [0.2, 0.25) is 0 Å². The van der Waals surface area contributed by atoms with E-state index in [1.54, 1.807) is 4.90 Å². The maximum Gasteiger partial charge on any atom is 0.326 e. The van der Waals surface area contributed by atoms with Crippen molar-refractivity contribution >= 4 is 12.0 Å². The molecular weight excluding hydrogens is 220 g/mol. The molecule has 0 saturated carbocycles. The normalized spacial score (nSPS) is 19.4. The second-order valence-electron chi connectivity index (χ2n) is 4.41. The van der Waals surface area contributed by atoms with Crippen LogP contribution in [-0.4, -0.2) is 52.6 Å². The van der Waals surface area contributed by atoms with Crippen LogP contribution in [0.25, 0.3) is 0 Å². The number of unbranched alkanes of at least 4 members (excludes halogenated alkanes) is 1. The van der Waals surface area contributed by atoms with E-state index in [9.17, 15) is 9.59 Å². The number of hydrogen-bond acceptors (Lipinski definition) is 2. The van der Waals surface area contributed by atoms with E-state index in [1.807, 2.05) is 6.92 Å². The van der Waals surface area contributed by atoms with Crippen molar-refractivity contribution in [3.8, 4) is 0 Å². The molecule has 0 aromatic heterocycles. The van der Waals surface area contributed by atoms with Gasteiger partial charge in [0.1, 0.15) is 6.04 Å². The van der Waals surface area contributed by atoms with Gasteiger partial charge in [-0.2, -0.15) is 0 Å². The predicted molar refractivity (Wildman–Crippen MR) is 64.9 cm³/mol. The summed E-state index contributed by atoms with van der Waals surface area (Å²) in [5.74, 6) is -0.887. The summed E-state index contributed by atoms with van der Waals surface area (Å²) in [5.41, 5.74) is 0. The van der Waals surface area contributed by atoms with Crippen LogP contribution in [0.4, 0.5) is 4.79 Å². The first-order chi connectivity index (χ1) is 8.11. The highest BCUT2D eigenvalue weighted by Gasteiger charge is 2.35. The number of carboxylic acids is 1. The second kappa shape index (κ2) is 6.47. The topological polar surface area (TPSA) is 60.9 Å². The summed E-state index contributed by atoms with van der Waals surface area (Å²) in [6.45, 7) is 5.93. The molecule has 1 rings (SSSR count). The molecule has 0 radical (unpaired) electrons. The van der Waals surface area contributed by atoms with Crippen LogP contribution >= 0.6 is 0 Å². The summed E-state index contributed by atoms with van der Waals surface area (Å²) in [6, 6.07) is -0.746. The first-order valence-electron chi connectivity index (χ1n) is 6.40. The number of rotatable bonds is 5. The van der Waals surface area contributed by atoms with Crippen LogP contribution < -0.4 is 0 Å². The Morgan fingerprint density at radius 3 is 2.65 bits per heavy atom. The van der Waals surface area contributed by atoms with E-state index in [-0.39, 0.29) is 6.03 Å². The number of urea groups is 1. The summed E-state index contributed by atoms with van der Waals surface area (Å²) in [6.07, 6.45) is 3.36. The molecule has 5 nitrogen and oxygen atoms in total. The maximum atomic E-state index is 12.2. The van der Waals surface area contributed by atoms with Crippen molar-refractivity contribution in [3.05, 3.63) is 0 Å². The van der Waals surface area contributed by atoms with Gasteiger partial charge in [0, 0.05) is 19.6 Å². The SMILES string of the molecule is CCCCN(CC)C(=O)N1CCC[C@H]1C(=O)O. The fourth-order valence-electron chi connectivity index (χ4n) is 2.17. The molecular formula is C12H22N2O3. The van der Waals surface area contributed by atoms with Crippen LogP contribution in [0.1, 0.15) is 39.5 Å². The zero-order valence-corrected chi connectivity index (χ0v) is 10.7. The summed E-state index contributed by atoms with van der Waals surface area (Å²) in [7, 11) is 0. The minimum absolute atomic E-state index is 0.120. The lowest BCUT2D eigenvalue weighted by molar-refractivity contribution is -0.141. The van der Waals surface area contributed by atoms with E-state index in [2.05, 4.69) is 6.92 Å². The molecule has 98 valence electrons. The van der Waals surface area contributed by atoms with Crippen LogP contribution in [0.3, 0.4) is 0 Å². The van der Waals surface area contributed by atoms with Gasteiger partial charge in [0.05, 0.1) is 0 Å². The van der Waals surface area contributed by atoms with Gasteiger partial charge >= 0.3 is 12.0 Å². The van der Waals surface area contributed by atoms with Gasteiger partial charge < -0.3 is 14.9 Å². The zero-order valence-electron chi connectivity index (χ0n) is 10.7. The van der Waals surface area contributed by atoms with Crippen LogP contribution in [0, 0.1) is 0 Å². The van der Waals surface area contributed by atoms with Gasteiger partial charge in [0.2, 0.25) is 0 Å². The number of amides is 2. The van der Waals surface area contributed by atoms with Gasteiger partial charge in [-0.15, -0.1) is 0 Å². The average molecular weight is 242 g/mol. The fraction of sp³-hybridized carbons (Fsp3) is 0.833. The Morgan fingerprint density at radius 1 is 1.41 bits per heavy atom. The van der Waals surface area contributed by atoms with Gasteiger partial charge in [0.25, 0.3) is 0 Å². The van der Waals surface area contributed by atoms with E-state index in [0.717, 1.165) is 19.3 Å². The van der Waals surface area contributed by atoms with Crippen molar-refractivity contribution in [2.24, 2.45) is 0 Å². The third-order valence-electron chi connectivity index (χ3n) is 3.22. The smallest absolute Gasteiger partial charge is 0.326 e. The molecule has 1 atom stereocenters. The summed E-state index contributed by atoms with van der Waals surface area (Å²) in [5, 5.41) is 9.05. The highest BCUT2D eigenvalue weighted by Crippen LogP contribution is 2.19. The number of carbonyl (C=O) groups excluding carboxylic acids is 1. The molecule has 0 bridgehead atoms. The van der Waals surface area contributed by atoms with Crippen molar-refractivity contribution in [1.82, 2.24) is 9.80 Å². The lowest BCUT2D eigenvalue weighted by Crippen LogP contribution is -2.48. The average Bonchev–Trinajstić information content (AvgIpc) is 2.78. The molecule has 0 spiro atoms. The largest absolute Gasteiger partial charge is 0.480 e. The number of hydrogen-bond donors (Lipinski definition) is 1. The Kier molecular flexibility index (Phi) is 5.25. The van der Waals surface area contributed by atoms with E-state index in [4.69, 9.17) is 5.11 Å². The van der Waals surface area contributed by atoms with E-state index in [0.29, 0.717) is 26.1 Å². The molecule has 17 heavy (non-hydrogen) atoms. The second-order valence-corrected chi connectivity index (χ2v) is 4.41. The number of aliphatic carboxylic acids is 1. The third-order valence-corrected chi connectivity index (χ3v) is 3.22. The molecule has 1 aliphatic rings. The monoisotopic (exact) mass is 242 g/mol. The Morgan fingerprint density at radius 2 is 2.12 bits per heavy atom. The standard InChI is InChI=1S/C12H22N2O3/c1-3-5-8-13(4-2)12(17)14-9-6-7-10(14)11(15)16/h10H,3-9H2,1-2H3,(H,15,16)/t10-/m0/s1. The van der Waals surface area contributed by atoms with Crippen molar-refractivity contribution in [2.75, 3.05) is 19.6 Å². The number of carbonyl (C=O) groups is 2. The van der Waals surface area contributed by atoms with E-state index >= 15 is 0 Å². The Bertz CT molecular complexity index is 281. The molecule has 1 N–H and O–H groups in total. The molecule has 1 fully saturated rings. The lowest BCUT2D eigenvalue weighted by atomic mass is 10.2. The van der Waals surface area contributed by atoms with Crippen LogP contribution in [0.15, 0.2) is 0 Å². The van der Waals surface area contributed by atoms with Gasteiger partial charge in [-0.3, -0.25) is 0 Å². The predicted octanol–water partition coefficient (Wildman–Crippen LogP) is 1.78. The van der Waals surface area contributed by atoms with Gasteiger partial charge in [-0.1, -0.05) is 13.3 Å². The first-order valence-corrected chi connectivity index (χ1v) is 6.40. The molecule has 2 amide bonds. The van der Waals surface area contributed by atoms with Gasteiger partial charge in [0.15, 0.2) is 0 Å². The van der Waals surface area contributed by atoms with Crippen LogP contribution in [0.5, 0.6) is 0 Å². The Hall–Kier alpha value is -1.26. The van der Waals surface area contributed by atoms with Gasteiger partial charge in [-0.05, 0) is 26.2 Å². The Labute approximate surface area is 102 Å². The Balaban J connectivity index is 2.63. The van der Waals surface area contributed by atoms with Crippen molar-refractivity contribution in [2.45, 2.75) is 45.6 Å². The minimum Gasteiger partial charge on any atom is -0.480 e. The quantitative estimate of drug-likeness (QED) is 0.799. The molecule has 1 saturated heterocycles. The number of likely N-dealkylation sites (tertiary alicyclic amines) is 1. The van der Waals surface area contributed by atoms with Crippen LogP contribution in [-0.2, 0) is 4.79 Å². The van der Waals surface area contributed by atoms with Gasteiger partial charge in [-0.25, -0.2) is 9.59 Å². The molecule has 1 aliphatic heterocycles. The highest BCUT2D eigenvalue weighted by atomic mass is 16.4. The lowest BCUT2D eigenvalue weighted by Gasteiger charge is -2.29. The van der Waals surface area contributed by atoms with E-state index < -0.39 is 12.0 Å². The summed E-state index contributed by atoms with van der Waals surface area (Å²) >= 11 is 0. The highest BCUT2D eigenvalue weighted by molar-refractivity contribution is 5.83. The molecule has 0 aromatic rings. The molecule has 5 heteroatoms. The molecule has 0 aromatic carbocycles. The first kappa shape index (κ1) is 13.8. The minimum atomic E-state index is -0.887. The number of nitrogens with zero attached hydrogens (tertiary/aromatic N) is 2. The summed E-state index contributed by atoms with van der Waals surface area (Å²) < 4.78 is 0. The summed E-state index contributed by atoms with van der Waals surface area (Å²) in [4.78, 5) is 26.5. The third kappa shape index (κ3) is 3.35. The zero-order chi connectivity index (χ0) is 12.8. The molecule has 0 unspecified atom stereocenters. The van der Waals surface area contributed by atoms with E-state index in [1.165, 1.54) is 4.90 Å². The number of carboxylic acid groups (broad SMARTS) is 1. The molecule has 0 aliphatic carbocycles. The molecule has 1 heterocycles. The fourth-order valence-corrected chi connectivity index (χ4v) is 2.17. The van der Waals surface area contributed by atoms with Crippen molar-refractivity contribution < 1.29 is 14.7 Å². The maximum absolute atomic E-state index is 12.2. The van der Waals surface area contributed by atoms with Crippen molar-refractivity contribution in [3.63, 3.8) is 0 Å². The van der Waals surface area contributed by atoms with Crippen molar-refractivity contribution in [1.29, 1.82) is 0 Å².